The van der Waals surface area contributed by atoms with Gasteiger partial charge in [-0.1, -0.05) is 20.8 Å². The molecule has 4 nitrogen and oxygen atoms in total. The van der Waals surface area contributed by atoms with E-state index < -0.39 is 0 Å². The zero-order chi connectivity index (χ0) is 12.5. The van der Waals surface area contributed by atoms with Crippen molar-refractivity contribution in [3.05, 3.63) is 18.1 Å². The third-order valence-corrected chi connectivity index (χ3v) is 3.14. The molecule has 2 rings (SSSR count). The zero-order valence-electron chi connectivity index (χ0n) is 10.8. The van der Waals surface area contributed by atoms with Crippen molar-refractivity contribution >= 4 is 5.82 Å². The second-order valence-corrected chi connectivity index (χ2v) is 5.75. The molecule has 2 heterocycles. The third-order valence-electron chi connectivity index (χ3n) is 3.14. The maximum absolute atomic E-state index is 9.69. The number of rotatable bonds is 1. The van der Waals surface area contributed by atoms with Gasteiger partial charge in [0.05, 0.1) is 11.8 Å². The fourth-order valence-electron chi connectivity index (χ4n) is 2.09. The van der Waals surface area contributed by atoms with E-state index >= 15 is 0 Å². The number of piperidine rings is 1. The van der Waals surface area contributed by atoms with E-state index in [1.54, 1.807) is 6.33 Å². The number of hydrogen-bond acceptors (Lipinski definition) is 4. The smallest absolute Gasteiger partial charge is 0.132 e. The Kier molecular flexibility index (Phi) is 3.33. The second kappa shape index (κ2) is 4.61. The minimum Gasteiger partial charge on any atom is -0.391 e. The zero-order valence-corrected chi connectivity index (χ0v) is 10.8. The summed E-state index contributed by atoms with van der Waals surface area (Å²) in [5.41, 5.74) is 1.08. The molecular formula is C13H21N3O. The van der Waals surface area contributed by atoms with Crippen LogP contribution in [0.4, 0.5) is 5.82 Å². The van der Waals surface area contributed by atoms with E-state index in [0.717, 1.165) is 30.9 Å². The lowest BCUT2D eigenvalue weighted by Crippen LogP contribution is -2.38. The number of β-amino-alcohol motifs (C(OH)–C–C–N with tert-alkyl or cyclic N) is 1. The number of anilines is 1. The predicted octanol–water partition coefficient (Wildman–Crippen LogP) is 1.74. The van der Waals surface area contributed by atoms with Crippen molar-refractivity contribution < 1.29 is 5.11 Å². The van der Waals surface area contributed by atoms with Gasteiger partial charge in [-0.15, -0.1) is 0 Å². The van der Waals surface area contributed by atoms with Crippen LogP contribution in [0.5, 0.6) is 0 Å². The summed E-state index contributed by atoms with van der Waals surface area (Å²) in [5.74, 6) is 0.934. The van der Waals surface area contributed by atoms with Crippen LogP contribution < -0.4 is 4.90 Å². The first-order valence-corrected chi connectivity index (χ1v) is 6.22. The highest BCUT2D eigenvalue weighted by Crippen LogP contribution is 2.24. The summed E-state index contributed by atoms with van der Waals surface area (Å²) < 4.78 is 0. The second-order valence-electron chi connectivity index (χ2n) is 5.75. The summed E-state index contributed by atoms with van der Waals surface area (Å²) in [4.78, 5) is 10.8. The third kappa shape index (κ3) is 2.94. The van der Waals surface area contributed by atoms with E-state index in [1.165, 1.54) is 0 Å². The minimum absolute atomic E-state index is 0.0338. The maximum Gasteiger partial charge on any atom is 0.132 e. The van der Waals surface area contributed by atoms with Gasteiger partial charge in [0.25, 0.3) is 0 Å². The predicted molar refractivity (Wildman–Crippen MR) is 68.2 cm³/mol. The molecule has 1 N–H and O–H groups in total. The van der Waals surface area contributed by atoms with E-state index in [4.69, 9.17) is 0 Å². The molecule has 4 heteroatoms. The van der Waals surface area contributed by atoms with Crippen LogP contribution in [-0.4, -0.2) is 34.3 Å². The first-order valence-electron chi connectivity index (χ1n) is 6.22. The van der Waals surface area contributed by atoms with Crippen LogP contribution in [0.2, 0.25) is 0 Å². The summed E-state index contributed by atoms with van der Waals surface area (Å²) >= 11 is 0. The molecule has 17 heavy (non-hydrogen) atoms. The van der Waals surface area contributed by atoms with E-state index in [0.29, 0.717) is 6.54 Å². The van der Waals surface area contributed by atoms with Crippen LogP contribution in [0.15, 0.2) is 12.4 Å². The Morgan fingerprint density at radius 3 is 2.76 bits per heavy atom. The quantitative estimate of drug-likeness (QED) is 0.805. The molecule has 0 saturated carbocycles. The molecule has 0 aliphatic carbocycles. The van der Waals surface area contributed by atoms with E-state index in [9.17, 15) is 5.11 Å². The summed E-state index contributed by atoms with van der Waals surface area (Å²) in [6, 6.07) is 2.04. The summed E-state index contributed by atoms with van der Waals surface area (Å²) in [6.07, 6.45) is 3.32. The van der Waals surface area contributed by atoms with E-state index in [2.05, 4.69) is 35.6 Å². The summed E-state index contributed by atoms with van der Waals surface area (Å²) in [5, 5.41) is 9.69. The van der Waals surface area contributed by atoms with Gasteiger partial charge in [-0.3, -0.25) is 0 Å². The Morgan fingerprint density at radius 2 is 2.12 bits per heavy atom. The van der Waals surface area contributed by atoms with Gasteiger partial charge in [0.1, 0.15) is 12.1 Å². The highest BCUT2D eigenvalue weighted by molar-refractivity contribution is 5.40. The molecule has 0 bridgehead atoms. The van der Waals surface area contributed by atoms with Crippen molar-refractivity contribution in [2.75, 3.05) is 18.0 Å². The molecule has 0 radical (unpaired) electrons. The average molecular weight is 235 g/mol. The molecule has 0 aromatic carbocycles. The Hall–Kier alpha value is -1.16. The Balaban J connectivity index is 2.21. The highest BCUT2D eigenvalue weighted by atomic mass is 16.3. The number of nitrogens with zero attached hydrogens (tertiary/aromatic N) is 3. The lowest BCUT2D eigenvalue weighted by Gasteiger charge is -2.31. The van der Waals surface area contributed by atoms with Gasteiger partial charge in [-0.05, 0) is 12.8 Å². The Bertz CT molecular complexity index is 386. The molecule has 1 aromatic rings. The molecule has 94 valence electrons. The average Bonchev–Trinajstić information content (AvgIpc) is 2.28. The van der Waals surface area contributed by atoms with Crippen LogP contribution in [-0.2, 0) is 5.41 Å². The van der Waals surface area contributed by atoms with Crippen molar-refractivity contribution in [2.24, 2.45) is 0 Å². The molecule has 1 saturated heterocycles. The monoisotopic (exact) mass is 235 g/mol. The number of hydrogen-bond donors (Lipinski definition) is 1. The van der Waals surface area contributed by atoms with Crippen molar-refractivity contribution in [3.8, 4) is 0 Å². The Labute approximate surface area is 103 Å². The van der Waals surface area contributed by atoms with Crippen molar-refractivity contribution in [2.45, 2.75) is 45.1 Å². The van der Waals surface area contributed by atoms with Gasteiger partial charge in [0.2, 0.25) is 0 Å². The SMILES string of the molecule is CC(C)(C)c1cc(N2CCCC(O)C2)ncn1. The molecule has 1 atom stereocenters. The standard InChI is InChI=1S/C13H21N3O/c1-13(2,3)11-7-12(15-9-14-11)16-6-4-5-10(17)8-16/h7,9-10,17H,4-6,8H2,1-3H3. The summed E-state index contributed by atoms with van der Waals surface area (Å²) in [7, 11) is 0. The number of aromatic nitrogens is 2. The first kappa shape index (κ1) is 12.3. The first-order chi connectivity index (χ1) is 7.97. The molecule has 1 aromatic heterocycles. The fraction of sp³-hybridized carbons (Fsp3) is 0.692. The van der Waals surface area contributed by atoms with Gasteiger partial charge in [-0.25, -0.2) is 9.97 Å². The molecular weight excluding hydrogens is 214 g/mol. The van der Waals surface area contributed by atoms with Gasteiger partial charge in [0.15, 0.2) is 0 Å². The normalized spacial score (nSPS) is 21.6. The lowest BCUT2D eigenvalue weighted by molar-refractivity contribution is 0.154. The molecule has 0 amide bonds. The van der Waals surface area contributed by atoms with Crippen LogP contribution in [0.25, 0.3) is 0 Å². The van der Waals surface area contributed by atoms with Gasteiger partial charge in [0, 0.05) is 24.6 Å². The number of aliphatic hydroxyl groups excluding tert-OH is 1. The molecule has 1 aliphatic heterocycles. The fourth-order valence-corrected chi connectivity index (χ4v) is 2.09. The molecule has 1 fully saturated rings. The lowest BCUT2D eigenvalue weighted by atomic mass is 9.92. The summed E-state index contributed by atoms with van der Waals surface area (Å²) in [6.45, 7) is 8.08. The van der Waals surface area contributed by atoms with Gasteiger partial charge in [-0.2, -0.15) is 0 Å². The van der Waals surface area contributed by atoms with Crippen molar-refractivity contribution in [1.29, 1.82) is 0 Å². The number of aliphatic hydroxyl groups is 1. The maximum atomic E-state index is 9.69. The van der Waals surface area contributed by atoms with Crippen LogP contribution in [0.1, 0.15) is 39.3 Å². The molecule has 1 aliphatic rings. The Morgan fingerprint density at radius 1 is 1.35 bits per heavy atom. The van der Waals surface area contributed by atoms with Crippen LogP contribution in [0.3, 0.4) is 0 Å². The largest absolute Gasteiger partial charge is 0.391 e. The van der Waals surface area contributed by atoms with Crippen LogP contribution in [0, 0.1) is 0 Å². The van der Waals surface area contributed by atoms with E-state index in [-0.39, 0.29) is 11.5 Å². The van der Waals surface area contributed by atoms with Gasteiger partial charge >= 0.3 is 0 Å². The molecule has 0 spiro atoms. The highest BCUT2D eigenvalue weighted by Gasteiger charge is 2.21. The van der Waals surface area contributed by atoms with E-state index in [1.807, 2.05) is 6.07 Å². The van der Waals surface area contributed by atoms with Crippen molar-refractivity contribution in [3.63, 3.8) is 0 Å². The minimum atomic E-state index is -0.225. The van der Waals surface area contributed by atoms with Gasteiger partial charge < -0.3 is 10.0 Å². The van der Waals surface area contributed by atoms with Crippen molar-refractivity contribution in [1.82, 2.24) is 9.97 Å². The molecule has 1 unspecified atom stereocenters. The van der Waals surface area contributed by atoms with Crippen LogP contribution >= 0.6 is 0 Å². The topological polar surface area (TPSA) is 49.2 Å².